The SMILES string of the molecule is COC(=O)CNC(=O)C12C[C@@H]3C[C@@H](C1)CC(c1ccc(C)cc1)(C3)C2. The number of aryl methyl sites for hydroxylation is 1. The maximum Gasteiger partial charge on any atom is 0.325 e. The van der Waals surface area contributed by atoms with Crippen LogP contribution in [-0.4, -0.2) is 25.5 Å². The van der Waals surface area contributed by atoms with Crippen molar-refractivity contribution in [2.45, 2.75) is 50.9 Å². The first-order valence-corrected chi connectivity index (χ1v) is 9.37. The van der Waals surface area contributed by atoms with Crippen molar-refractivity contribution in [2.75, 3.05) is 13.7 Å². The van der Waals surface area contributed by atoms with Gasteiger partial charge in [0.05, 0.1) is 12.5 Å². The Hall–Kier alpha value is -1.84. The fourth-order valence-corrected chi connectivity index (χ4v) is 6.19. The quantitative estimate of drug-likeness (QED) is 0.856. The van der Waals surface area contributed by atoms with Gasteiger partial charge in [0.25, 0.3) is 0 Å². The highest BCUT2D eigenvalue weighted by Crippen LogP contribution is 2.65. The third kappa shape index (κ3) is 2.76. The second-order valence-corrected chi connectivity index (χ2v) is 8.65. The van der Waals surface area contributed by atoms with Gasteiger partial charge in [-0.05, 0) is 68.3 Å². The average molecular weight is 341 g/mol. The number of nitrogens with one attached hydrogen (secondary N) is 1. The zero-order chi connectivity index (χ0) is 17.7. The summed E-state index contributed by atoms with van der Waals surface area (Å²) in [5, 5.41) is 2.85. The highest BCUT2D eigenvalue weighted by Gasteiger charge is 2.60. The van der Waals surface area contributed by atoms with Crippen LogP contribution < -0.4 is 5.32 Å². The minimum atomic E-state index is -0.383. The Morgan fingerprint density at radius 2 is 1.76 bits per heavy atom. The maximum atomic E-state index is 13.0. The first-order valence-electron chi connectivity index (χ1n) is 9.37. The lowest BCUT2D eigenvalue weighted by molar-refractivity contribution is -0.152. The summed E-state index contributed by atoms with van der Waals surface area (Å²) < 4.78 is 4.67. The summed E-state index contributed by atoms with van der Waals surface area (Å²) in [7, 11) is 1.35. The first-order chi connectivity index (χ1) is 11.9. The lowest BCUT2D eigenvalue weighted by Crippen LogP contribution is -2.59. The van der Waals surface area contributed by atoms with Crippen molar-refractivity contribution in [1.29, 1.82) is 0 Å². The van der Waals surface area contributed by atoms with Gasteiger partial charge in [0.1, 0.15) is 6.54 Å². The minimum absolute atomic E-state index is 0.0239. The Morgan fingerprint density at radius 3 is 2.36 bits per heavy atom. The van der Waals surface area contributed by atoms with Gasteiger partial charge in [-0.3, -0.25) is 9.59 Å². The topological polar surface area (TPSA) is 55.4 Å². The van der Waals surface area contributed by atoms with Crippen molar-refractivity contribution in [1.82, 2.24) is 5.32 Å². The van der Waals surface area contributed by atoms with E-state index in [-0.39, 0.29) is 29.3 Å². The number of hydrogen-bond acceptors (Lipinski definition) is 3. The number of methoxy groups -OCH3 is 1. The smallest absolute Gasteiger partial charge is 0.325 e. The highest BCUT2D eigenvalue weighted by atomic mass is 16.5. The summed E-state index contributed by atoms with van der Waals surface area (Å²) in [6.45, 7) is 2.09. The number of rotatable bonds is 4. The van der Waals surface area contributed by atoms with Crippen LogP contribution in [0.5, 0.6) is 0 Å². The van der Waals surface area contributed by atoms with Crippen LogP contribution in [-0.2, 0) is 19.7 Å². The molecule has 0 aromatic heterocycles. The van der Waals surface area contributed by atoms with Crippen LogP contribution in [0.4, 0.5) is 0 Å². The summed E-state index contributed by atoms with van der Waals surface area (Å²) in [5.41, 5.74) is 2.51. The summed E-state index contributed by atoms with van der Waals surface area (Å²) in [6.07, 6.45) is 6.55. The summed E-state index contributed by atoms with van der Waals surface area (Å²) >= 11 is 0. The first kappa shape index (κ1) is 16.6. The van der Waals surface area contributed by atoms with Crippen LogP contribution in [0.25, 0.3) is 0 Å². The van der Waals surface area contributed by atoms with E-state index in [9.17, 15) is 9.59 Å². The average Bonchev–Trinajstić information content (AvgIpc) is 2.58. The predicted molar refractivity (Wildman–Crippen MR) is 95.0 cm³/mol. The largest absolute Gasteiger partial charge is 0.468 e. The molecule has 4 aliphatic carbocycles. The van der Waals surface area contributed by atoms with Gasteiger partial charge in [0.2, 0.25) is 5.91 Å². The van der Waals surface area contributed by atoms with Gasteiger partial charge in [-0.1, -0.05) is 29.8 Å². The van der Waals surface area contributed by atoms with Crippen molar-refractivity contribution in [3.05, 3.63) is 35.4 Å². The molecule has 4 aliphatic rings. The van der Waals surface area contributed by atoms with E-state index in [1.54, 1.807) is 0 Å². The molecule has 0 aliphatic heterocycles. The van der Waals surface area contributed by atoms with Crippen LogP contribution in [0.1, 0.15) is 49.7 Å². The lowest BCUT2D eigenvalue weighted by Gasteiger charge is -2.61. The molecule has 4 heteroatoms. The lowest BCUT2D eigenvalue weighted by atomic mass is 9.42. The molecule has 0 saturated heterocycles. The number of esters is 1. The Kier molecular flexibility index (Phi) is 3.89. The molecule has 5 rings (SSSR count). The molecule has 4 fully saturated rings. The number of ether oxygens (including phenoxy) is 1. The number of benzene rings is 1. The molecule has 2 atom stereocenters. The van der Waals surface area contributed by atoms with Crippen molar-refractivity contribution >= 4 is 11.9 Å². The van der Waals surface area contributed by atoms with E-state index in [1.807, 2.05) is 0 Å². The molecule has 4 nitrogen and oxygen atoms in total. The molecule has 25 heavy (non-hydrogen) atoms. The van der Waals surface area contributed by atoms with E-state index in [0.717, 1.165) is 19.3 Å². The molecule has 0 unspecified atom stereocenters. The van der Waals surface area contributed by atoms with Crippen molar-refractivity contribution in [3.8, 4) is 0 Å². The fourth-order valence-electron chi connectivity index (χ4n) is 6.19. The normalized spacial score (nSPS) is 35.4. The monoisotopic (exact) mass is 341 g/mol. The summed E-state index contributed by atoms with van der Waals surface area (Å²) in [6, 6.07) is 8.92. The van der Waals surface area contributed by atoms with Gasteiger partial charge >= 0.3 is 5.97 Å². The Balaban J connectivity index is 1.61. The molecule has 0 radical (unpaired) electrons. The fraction of sp³-hybridized carbons (Fsp3) is 0.619. The Labute approximate surface area is 149 Å². The van der Waals surface area contributed by atoms with E-state index < -0.39 is 0 Å². The van der Waals surface area contributed by atoms with Crippen LogP contribution >= 0.6 is 0 Å². The highest BCUT2D eigenvalue weighted by molar-refractivity contribution is 5.87. The van der Waals surface area contributed by atoms with E-state index >= 15 is 0 Å². The zero-order valence-corrected chi connectivity index (χ0v) is 15.1. The molecular formula is C21H27NO3. The molecule has 4 bridgehead atoms. The Bertz CT molecular complexity index is 680. The Morgan fingerprint density at radius 1 is 1.12 bits per heavy atom. The van der Waals surface area contributed by atoms with Crippen LogP contribution in [0.15, 0.2) is 24.3 Å². The van der Waals surface area contributed by atoms with Gasteiger partial charge < -0.3 is 10.1 Å². The number of carbonyl (C=O) groups is 2. The molecule has 0 spiro atoms. The molecule has 1 amide bonds. The van der Waals surface area contributed by atoms with Gasteiger partial charge in [-0.15, -0.1) is 0 Å². The third-order valence-electron chi connectivity index (χ3n) is 6.83. The summed E-state index contributed by atoms with van der Waals surface area (Å²) in [5.74, 6) is 0.938. The van der Waals surface area contributed by atoms with Crippen LogP contribution in [0.3, 0.4) is 0 Å². The molecule has 134 valence electrons. The predicted octanol–water partition coefficient (Wildman–Crippen LogP) is 3.12. The molecular weight excluding hydrogens is 314 g/mol. The van der Waals surface area contributed by atoms with Gasteiger partial charge in [0, 0.05) is 0 Å². The van der Waals surface area contributed by atoms with Crippen molar-refractivity contribution < 1.29 is 14.3 Å². The number of carbonyl (C=O) groups excluding carboxylic acids is 2. The second kappa shape index (κ2) is 5.86. The van der Waals surface area contributed by atoms with Gasteiger partial charge in [-0.2, -0.15) is 0 Å². The standard InChI is InChI=1S/C21H27NO3/c1-14-3-5-17(6-4-14)20-8-15-7-16(9-20)11-21(10-15,13-20)19(24)22-12-18(23)25-2/h3-6,15-16H,7-13H2,1-2H3,(H,22,24)/t15-,16-,20?,21?/m1/s1. The molecule has 1 aromatic rings. The maximum absolute atomic E-state index is 13.0. The van der Waals surface area contributed by atoms with Gasteiger partial charge in [0.15, 0.2) is 0 Å². The molecule has 4 saturated carbocycles. The van der Waals surface area contributed by atoms with E-state index in [1.165, 1.54) is 37.5 Å². The van der Waals surface area contributed by atoms with E-state index in [2.05, 4.69) is 41.2 Å². The van der Waals surface area contributed by atoms with E-state index in [4.69, 9.17) is 0 Å². The number of amides is 1. The molecule has 1 aromatic carbocycles. The van der Waals surface area contributed by atoms with E-state index in [0.29, 0.717) is 11.8 Å². The van der Waals surface area contributed by atoms with Crippen LogP contribution in [0.2, 0.25) is 0 Å². The van der Waals surface area contributed by atoms with Crippen LogP contribution in [0, 0.1) is 24.2 Å². The minimum Gasteiger partial charge on any atom is -0.468 e. The van der Waals surface area contributed by atoms with Gasteiger partial charge in [-0.25, -0.2) is 0 Å². The number of hydrogen-bond donors (Lipinski definition) is 1. The third-order valence-corrected chi connectivity index (χ3v) is 6.83. The molecule has 0 heterocycles. The molecule has 1 N–H and O–H groups in total. The second-order valence-electron chi connectivity index (χ2n) is 8.65. The van der Waals surface area contributed by atoms with Crippen molar-refractivity contribution in [2.24, 2.45) is 17.3 Å². The summed E-state index contributed by atoms with van der Waals surface area (Å²) in [4.78, 5) is 24.4. The van der Waals surface area contributed by atoms with Crippen molar-refractivity contribution in [3.63, 3.8) is 0 Å². The zero-order valence-electron chi connectivity index (χ0n) is 15.1.